The fourth-order valence-electron chi connectivity index (χ4n) is 2.84. The zero-order valence-electron chi connectivity index (χ0n) is 15.3. The van der Waals surface area contributed by atoms with Gasteiger partial charge in [-0.05, 0) is 36.3 Å². The molecule has 0 bridgehead atoms. The highest BCUT2D eigenvalue weighted by Crippen LogP contribution is 2.34. The van der Waals surface area contributed by atoms with E-state index in [-0.39, 0.29) is 6.10 Å². The first-order chi connectivity index (χ1) is 12.8. The van der Waals surface area contributed by atoms with Crippen LogP contribution in [0.25, 0.3) is 0 Å². The van der Waals surface area contributed by atoms with Gasteiger partial charge >= 0.3 is 0 Å². The summed E-state index contributed by atoms with van der Waals surface area (Å²) in [5, 5.41) is 4.06. The lowest BCUT2D eigenvalue weighted by Gasteiger charge is -2.22. The summed E-state index contributed by atoms with van der Waals surface area (Å²) in [5.74, 6) is 0. The van der Waals surface area contributed by atoms with Gasteiger partial charge in [0.2, 0.25) is 0 Å². The molecule has 26 heavy (non-hydrogen) atoms. The van der Waals surface area contributed by atoms with Crippen LogP contribution in [0.3, 0.4) is 0 Å². The fraction of sp³-hybridized carbons (Fsp3) is 0.217. The SMILES string of the molecule is CO[C@@H](C)COCc1ccccc1P(c1ccccc1)c1ccccc1. The molecule has 0 unspecified atom stereocenters. The van der Waals surface area contributed by atoms with Crippen LogP contribution in [0.15, 0.2) is 84.9 Å². The Morgan fingerprint density at radius 1 is 0.769 bits per heavy atom. The highest BCUT2D eigenvalue weighted by molar-refractivity contribution is 7.79. The third kappa shape index (κ3) is 4.80. The molecule has 1 atom stereocenters. The van der Waals surface area contributed by atoms with Gasteiger partial charge in [-0.25, -0.2) is 0 Å². The summed E-state index contributed by atoms with van der Waals surface area (Å²) < 4.78 is 11.2. The van der Waals surface area contributed by atoms with Crippen LogP contribution in [0.2, 0.25) is 0 Å². The van der Waals surface area contributed by atoms with E-state index < -0.39 is 7.92 Å². The van der Waals surface area contributed by atoms with Crippen molar-refractivity contribution in [1.29, 1.82) is 0 Å². The smallest absolute Gasteiger partial charge is 0.0776 e. The van der Waals surface area contributed by atoms with E-state index in [2.05, 4.69) is 84.9 Å². The molecule has 2 nitrogen and oxygen atoms in total. The second-order valence-corrected chi connectivity index (χ2v) is 8.38. The van der Waals surface area contributed by atoms with Crippen LogP contribution in [0.5, 0.6) is 0 Å². The summed E-state index contributed by atoms with van der Waals surface area (Å²) in [4.78, 5) is 0. The Kier molecular flexibility index (Phi) is 6.96. The highest BCUT2D eigenvalue weighted by atomic mass is 31.1. The van der Waals surface area contributed by atoms with Gasteiger partial charge in [0.05, 0.1) is 19.3 Å². The Balaban J connectivity index is 1.95. The van der Waals surface area contributed by atoms with E-state index in [0.717, 1.165) is 0 Å². The normalized spacial score (nSPS) is 12.3. The first-order valence-corrected chi connectivity index (χ1v) is 10.2. The molecule has 0 fully saturated rings. The molecule has 0 radical (unpaired) electrons. The molecule has 3 aromatic rings. The average Bonchev–Trinajstić information content (AvgIpc) is 2.71. The van der Waals surface area contributed by atoms with Crippen LogP contribution < -0.4 is 15.9 Å². The number of rotatable bonds is 8. The highest BCUT2D eigenvalue weighted by Gasteiger charge is 2.19. The average molecular weight is 364 g/mol. The van der Waals surface area contributed by atoms with Gasteiger partial charge in [-0.1, -0.05) is 84.9 Å². The van der Waals surface area contributed by atoms with Crippen molar-refractivity contribution < 1.29 is 9.47 Å². The topological polar surface area (TPSA) is 18.5 Å². The maximum Gasteiger partial charge on any atom is 0.0776 e. The zero-order chi connectivity index (χ0) is 18.2. The van der Waals surface area contributed by atoms with Crippen molar-refractivity contribution in [3.63, 3.8) is 0 Å². The summed E-state index contributed by atoms with van der Waals surface area (Å²) >= 11 is 0. The van der Waals surface area contributed by atoms with Crippen LogP contribution >= 0.6 is 7.92 Å². The van der Waals surface area contributed by atoms with E-state index in [1.54, 1.807) is 7.11 Å². The molecule has 0 saturated heterocycles. The van der Waals surface area contributed by atoms with Crippen LogP contribution in [0.1, 0.15) is 12.5 Å². The summed E-state index contributed by atoms with van der Waals surface area (Å²) in [5.41, 5.74) is 1.25. The molecule has 0 N–H and O–H groups in total. The second-order valence-electron chi connectivity index (χ2n) is 6.20. The molecule has 3 heteroatoms. The lowest BCUT2D eigenvalue weighted by molar-refractivity contribution is 0.0120. The monoisotopic (exact) mass is 364 g/mol. The van der Waals surface area contributed by atoms with Gasteiger partial charge in [0.15, 0.2) is 0 Å². The molecule has 0 aromatic heterocycles. The van der Waals surface area contributed by atoms with Crippen LogP contribution in [0.4, 0.5) is 0 Å². The Labute approximate surface area is 157 Å². The second kappa shape index (κ2) is 9.64. The van der Waals surface area contributed by atoms with Crippen molar-refractivity contribution in [3.8, 4) is 0 Å². The number of hydrogen-bond donors (Lipinski definition) is 0. The predicted molar refractivity (Wildman–Crippen MR) is 111 cm³/mol. The van der Waals surface area contributed by atoms with Crippen molar-refractivity contribution in [2.24, 2.45) is 0 Å². The Bertz CT molecular complexity index is 750. The largest absolute Gasteiger partial charge is 0.379 e. The molecule has 0 heterocycles. The minimum absolute atomic E-state index is 0.104. The van der Waals surface area contributed by atoms with E-state index >= 15 is 0 Å². The van der Waals surface area contributed by atoms with E-state index in [1.165, 1.54) is 21.5 Å². The molecule has 0 saturated carbocycles. The number of methoxy groups -OCH3 is 1. The first kappa shape index (κ1) is 18.8. The van der Waals surface area contributed by atoms with E-state index in [9.17, 15) is 0 Å². The van der Waals surface area contributed by atoms with Gasteiger partial charge in [-0.15, -0.1) is 0 Å². The van der Waals surface area contributed by atoms with Crippen LogP contribution in [-0.4, -0.2) is 19.8 Å². The van der Waals surface area contributed by atoms with Crippen molar-refractivity contribution >= 4 is 23.8 Å². The zero-order valence-corrected chi connectivity index (χ0v) is 16.2. The summed E-state index contributed by atoms with van der Waals surface area (Å²) in [6.45, 7) is 3.22. The number of ether oxygens (including phenoxy) is 2. The molecule has 0 aliphatic heterocycles. The summed E-state index contributed by atoms with van der Waals surface area (Å²) in [6, 6.07) is 30.1. The Morgan fingerprint density at radius 2 is 1.31 bits per heavy atom. The Hall–Kier alpha value is -1.99. The quantitative estimate of drug-likeness (QED) is 0.563. The van der Waals surface area contributed by atoms with Crippen molar-refractivity contribution in [2.75, 3.05) is 13.7 Å². The lowest BCUT2D eigenvalue weighted by atomic mass is 10.2. The van der Waals surface area contributed by atoms with Crippen molar-refractivity contribution in [2.45, 2.75) is 19.6 Å². The van der Waals surface area contributed by atoms with Crippen molar-refractivity contribution in [3.05, 3.63) is 90.5 Å². The molecule has 3 aromatic carbocycles. The molecule has 0 spiro atoms. The standard InChI is InChI=1S/C23H25O2P/c1-19(24-2)17-25-18-20-11-9-10-16-23(20)26(21-12-5-3-6-13-21)22-14-7-4-8-15-22/h3-16,19H,17-18H2,1-2H3/t19-/m0/s1. The predicted octanol–water partition coefficient (Wildman–Crippen LogP) is 4.00. The molecule has 0 aliphatic rings. The molecule has 3 rings (SSSR count). The van der Waals surface area contributed by atoms with Gasteiger partial charge in [0.25, 0.3) is 0 Å². The van der Waals surface area contributed by atoms with Gasteiger partial charge in [-0.3, -0.25) is 0 Å². The fourth-order valence-corrected chi connectivity index (χ4v) is 5.29. The lowest BCUT2D eigenvalue weighted by Crippen LogP contribution is -2.24. The molecular formula is C23H25O2P. The van der Waals surface area contributed by atoms with Gasteiger partial charge in [0.1, 0.15) is 0 Å². The minimum atomic E-state index is -0.614. The van der Waals surface area contributed by atoms with E-state index in [4.69, 9.17) is 9.47 Å². The van der Waals surface area contributed by atoms with Gasteiger partial charge in [-0.2, -0.15) is 0 Å². The minimum Gasteiger partial charge on any atom is -0.379 e. The first-order valence-electron chi connectivity index (χ1n) is 8.88. The van der Waals surface area contributed by atoms with Gasteiger partial charge < -0.3 is 9.47 Å². The van der Waals surface area contributed by atoms with Crippen molar-refractivity contribution in [1.82, 2.24) is 0 Å². The van der Waals surface area contributed by atoms with E-state index in [1.807, 2.05) is 6.92 Å². The maximum absolute atomic E-state index is 5.92. The molecule has 134 valence electrons. The maximum atomic E-state index is 5.92. The summed E-state index contributed by atoms with van der Waals surface area (Å²) in [7, 11) is 1.10. The summed E-state index contributed by atoms with van der Waals surface area (Å²) in [6.07, 6.45) is 0.104. The van der Waals surface area contributed by atoms with Crippen LogP contribution in [0, 0.1) is 0 Å². The number of hydrogen-bond acceptors (Lipinski definition) is 2. The third-order valence-electron chi connectivity index (χ3n) is 4.27. The Morgan fingerprint density at radius 3 is 1.88 bits per heavy atom. The molecule has 0 amide bonds. The molecule has 0 aliphatic carbocycles. The number of benzene rings is 3. The third-order valence-corrected chi connectivity index (χ3v) is 6.82. The van der Waals surface area contributed by atoms with Gasteiger partial charge in [0, 0.05) is 7.11 Å². The van der Waals surface area contributed by atoms with Crippen LogP contribution in [-0.2, 0) is 16.1 Å². The van der Waals surface area contributed by atoms with E-state index in [0.29, 0.717) is 13.2 Å². The molecular weight excluding hydrogens is 339 g/mol.